The maximum absolute atomic E-state index is 13.3. The minimum absolute atomic E-state index is 0.462. The highest BCUT2D eigenvalue weighted by molar-refractivity contribution is 5.75. The van der Waals surface area contributed by atoms with E-state index in [1.807, 2.05) is 30.3 Å². The first-order valence-corrected chi connectivity index (χ1v) is 6.33. The van der Waals surface area contributed by atoms with Crippen LogP contribution in [0.15, 0.2) is 48.8 Å². The summed E-state index contributed by atoms with van der Waals surface area (Å²) in [5, 5.41) is 3.26. The van der Waals surface area contributed by atoms with Gasteiger partial charge in [-0.2, -0.15) is 0 Å². The van der Waals surface area contributed by atoms with E-state index in [9.17, 15) is 8.78 Å². The van der Waals surface area contributed by atoms with Crippen molar-refractivity contribution >= 4 is 16.7 Å². The van der Waals surface area contributed by atoms with Crippen molar-refractivity contribution in [2.75, 3.05) is 11.9 Å². The zero-order valence-electron chi connectivity index (χ0n) is 10.7. The zero-order valence-corrected chi connectivity index (χ0v) is 10.7. The first kappa shape index (κ1) is 12.6. The molecule has 5 heteroatoms. The molecule has 0 fully saturated rings. The molecule has 3 rings (SSSR count). The predicted molar refractivity (Wildman–Crippen MR) is 74.6 cm³/mol. The molecule has 20 heavy (non-hydrogen) atoms. The van der Waals surface area contributed by atoms with Gasteiger partial charge in [-0.25, -0.2) is 13.8 Å². The van der Waals surface area contributed by atoms with E-state index in [4.69, 9.17) is 0 Å². The molecule has 2 aromatic carbocycles. The number of halogens is 2. The molecule has 0 atom stereocenters. The Kier molecular flexibility index (Phi) is 3.33. The summed E-state index contributed by atoms with van der Waals surface area (Å²) in [5.74, 6) is -1.72. The molecule has 0 saturated heterocycles. The lowest BCUT2D eigenvalue weighted by molar-refractivity contribution is 0.510. The van der Waals surface area contributed by atoms with E-state index >= 15 is 0 Å². The third-order valence-electron chi connectivity index (χ3n) is 3.12. The minimum Gasteiger partial charge on any atom is -0.383 e. The van der Waals surface area contributed by atoms with Crippen LogP contribution in [0.3, 0.4) is 0 Å². The van der Waals surface area contributed by atoms with Gasteiger partial charge in [0.1, 0.15) is 0 Å². The summed E-state index contributed by atoms with van der Waals surface area (Å²) in [7, 11) is 0. The lowest BCUT2D eigenvalue weighted by Gasteiger charge is -2.07. The molecule has 0 spiro atoms. The molecule has 0 saturated carbocycles. The van der Waals surface area contributed by atoms with Crippen LogP contribution in [0.4, 0.5) is 14.5 Å². The van der Waals surface area contributed by atoms with Crippen LogP contribution in [-0.4, -0.2) is 16.1 Å². The van der Waals surface area contributed by atoms with Crippen LogP contribution in [0.1, 0.15) is 0 Å². The van der Waals surface area contributed by atoms with Gasteiger partial charge in [-0.3, -0.25) is 0 Å². The number of hydrogen-bond acceptors (Lipinski definition) is 2. The van der Waals surface area contributed by atoms with Crippen molar-refractivity contribution in [3.8, 4) is 0 Å². The molecular weight excluding hydrogens is 260 g/mol. The van der Waals surface area contributed by atoms with Crippen LogP contribution in [0.2, 0.25) is 0 Å². The van der Waals surface area contributed by atoms with E-state index in [0.717, 1.165) is 11.8 Å². The molecular formula is C15H13F2N3. The fraction of sp³-hybridized carbons (Fsp3) is 0.133. The van der Waals surface area contributed by atoms with Crippen LogP contribution in [0.5, 0.6) is 0 Å². The lowest BCUT2D eigenvalue weighted by Crippen LogP contribution is -2.09. The van der Waals surface area contributed by atoms with Gasteiger partial charge >= 0.3 is 0 Å². The van der Waals surface area contributed by atoms with Gasteiger partial charge in [0, 0.05) is 30.9 Å². The van der Waals surface area contributed by atoms with Gasteiger partial charge in [-0.05, 0) is 12.1 Å². The summed E-state index contributed by atoms with van der Waals surface area (Å²) in [6.07, 6.45) is 1.59. The molecule has 0 amide bonds. The monoisotopic (exact) mass is 273 g/mol. The number of anilines is 1. The van der Waals surface area contributed by atoms with Crippen molar-refractivity contribution in [1.82, 2.24) is 9.55 Å². The van der Waals surface area contributed by atoms with E-state index in [0.29, 0.717) is 24.1 Å². The third kappa shape index (κ3) is 2.47. The lowest BCUT2D eigenvalue weighted by atomic mass is 10.3. The van der Waals surface area contributed by atoms with Crippen molar-refractivity contribution in [3.05, 3.63) is 60.4 Å². The number of rotatable bonds is 4. The first-order valence-electron chi connectivity index (χ1n) is 6.33. The van der Waals surface area contributed by atoms with Gasteiger partial charge in [0.2, 0.25) is 0 Å². The average Bonchev–Trinajstić information content (AvgIpc) is 2.83. The minimum atomic E-state index is -0.870. The second-order valence-corrected chi connectivity index (χ2v) is 4.49. The number of hydrogen-bond donors (Lipinski definition) is 1. The summed E-state index contributed by atoms with van der Waals surface area (Å²) in [4.78, 5) is 4.07. The molecule has 0 radical (unpaired) electrons. The molecule has 1 aromatic heterocycles. The second-order valence-electron chi connectivity index (χ2n) is 4.49. The second kappa shape index (κ2) is 5.28. The van der Waals surface area contributed by atoms with Crippen molar-refractivity contribution in [2.45, 2.75) is 6.54 Å². The van der Waals surface area contributed by atoms with Gasteiger partial charge in [0.05, 0.1) is 17.4 Å². The number of fused-ring (bicyclic) bond motifs is 1. The molecule has 1 heterocycles. The normalized spacial score (nSPS) is 10.9. The van der Waals surface area contributed by atoms with Crippen LogP contribution < -0.4 is 5.32 Å². The third-order valence-corrected chi connectivity index (χ3v) is 3.12. The van der Waals surface area contributed by atoms with Crippen molar-refractivity contribution in [1.29, 1.82) is 0 Å². The molecule has 0 aliphatic rings. The number of benzene rings is 2. The largest absolute Gasteiger partial charge is 0.383 e. The molecule has 102 valence electrons. The summed E-state index contributed by atoms with van der Waals surface area (Å²) < 4.78 is 28.2. The van der Waals surface area contributed by atoms with E-state index < -0.39 is 11.6 Å². The summed E-state index contributed by atoms with van der Waals surface area (Å²) >= 11 is 0. The van der Waals surface area contributed by atoms with Crippen LogP contribution in [-0.2, 0) is 6.54 Å². The van der Waals surface area contributed by atoms with Gasteiger partial charge < -0.3 is 9.88 Å². The quantitative estimate of drug-likeness (QED) is 0.789. The number of imidazole rings is 1. The maximum atomic E-state index is 13.3. The molecule has 0 aliphatic carbocycles. The van der Waals surface area contributed by atoms with E-state index in [1.54, 1.807) is 10.9 Å². The molecule has 1 N–H and O–H groups in total. The Bertz CT molecular complexity index is 723. The smallest absolute Gasteiger partial charge is 0.161 e. The Morgan fingerprint density at radius 2 is 1.80 bits per heavy atom. The molecule has 0 aliphatic heterocycles. The fourth-order valence-electron chi connectivity index (χ4n) is 2.11. The maximum Gasteiger partial charge on any atom is 0.161 e. The Labute approximate surface area is 114 Å². The highest BCUT2D eigenvalue weighted by atomic mass is 19.2. The molecule has 0 bridgehead atoms. The van der Waals surface area contributed by atoms with Crippen molar-refractivity contribution < 1.29 is 8.78 Å². The topological polar surface area (TPSA) is 29.9 Å². The average molecular weight is 273 g/mol. The van der Waals surface area contributed by atoms with Crippen LogP contribution in [0, 0.1) is 11.6 Å². The summed E-state index contributed by atoms with van der Waals surface area (Å²) in [5.41, 5.74) is 2.08. The molecule has 3 aromatic rings. The first-order chi connectivity index (χ1) is 9.74. The van der Waals surface area contributed by atoms with Gasteiger partial charge in [0.15, 0.2) is 11.6 Å². The number of para-hydroxylation sites is 1. The van der Waals surface area contributed by atoms with Crippen molar-refractivity contribution in [3.63, 3.8) is 0 Å². The Balaban J connectivity index is 1.73. The highest BCUT2D eigenvalue weighted by Gasteiger charge is 2.08. The Morgan fingerprint density at radius 3 is 2.60 bits per heavy atom. The Hall–Kier alpha value is -2.43. The van der Waals surface area contributed by atoms with Gasteiger partial charge in [-0.1, -0.05) is 18.2 Å². The predicted octanol–water partition coefficient (Wildman–Crippen LogP) is 3.43. The molecule has 3 nitrogen and oxygen atoms in total. The number of nitrogens with one attached hydrogen (secondary N) is 1. The zero-order chi connectivity index (χ0) is 13.9. The SMILES string of the molecule is Fc1cc2ncn(CCNc3ccccc3)c2cc1F. The van der Waals surface area contributed by atoms with Crippen molar-refractivity contribution in [2.24, 2.45) is 0 Å². The highest BCUT2D eigenvalue weighted by Crippen LogP contribution is 2.17. The fourth-order valence-corrected chi connectivity index (χ4v) is 2.11. The van der Waals surface area contributed by atoms with E-state index in [1.165, 1.54) is 6.07 Å². The van der Waals surface area contributed by atoms with E-state index in [-0.39, 0.29) is 0 Å². The van der Waals surface area contributed by atoms with E-state index in [2.05, 4.69) is 10.3 Å². The summed E-state index contributed by atoms with van der Waals surface area (Å²) in [6.45, 7) is 1.30. The number of nitrogens with zero attached hydrogens (tertiary/aromatic N) is 2. The van der Waals surface area contributed by atoms with Crippen LogP contribution in [0.25, 0.3) is 11.0 Å². The van der Waals surface area contributed by atoms with Gasteiger partial charge in [-0.15, -0.1) is 0 Å². The molecule has 0 unspecified atom stereocenters. The number of aromatic nitrogens is 2. The van der Waals surface area contributed by atoms with Crippen LogP contribution >= 0.6 is 0 Å². The standard InChI is InChI=1S/C15H13F2N3/c16-12-8-14-15(9-13(12)17)20(10-19-14)7-6-18-11-4-2-1-3-5-11/h1-5,8-10,18H,6-7H2. The Morgan fingerprint density at radius 1 is 1.05 bits per heavy atom. The summed E-state index contributed by atoms with van der Waals surface area (Å²) in [6, 6.07) is 12.1. The van der Waals surface area contributed by atoms with Gasteiger partial charge in [0.25, 0.3) is 0 Å².